The molecule has 1 aliphatic rings. The fraction of sp³-hybridized carbons (Fsp3) is 0.400. The van der Waals surface area contributed by atoms with Crippen molar-refractivity contribution in [3.8, 4) is 0 Å². The number of piperazine rings is 1. The Bertz CT molecular complexity index is 676. The Morgan fingerprint density at radius 1 is 1.26 bits per heavy atom. The second-order valence-electron chi connectivity index (χ2n) is 5.35. The first-order chi connectivity index (χ1) is 11.1. The number of benzene rings is 1. The van der Waals surface area contributed by atoms with Gasteiger partial charge in [0.25, 0.3) is 0 Å². The smallest absolute Gasteiger partial charge is 0.223 e. The number of halogens is 1. The number of hydrogen-bond donors (Lipinski definition) is 1. The highest BCUT2D eigenvalue weighted by Crippen LogP contribution is 2.16. The molecule has 1 saturated heterocycles. The van der Waals surface area contributed by atoms with E-state index >= 15 is 0 Å². The Morgan fingerprint density at radius 3 is 2.57 bits per heavy atom. The molecule has 0 bridgehead atoms. The Labute approximate surface area is 133 Å². The van der Waals surface area contributed by atoms with Crippen LogP contribution in [0.5, 0.6) is 0 Å². The summed E-state index contributed by atoms with van der Waals surface area (Å²) in [6.07, 6.45) is 0. The third kappa shape index (κ3) is 3.77. The van der Waals surface area contributed by atoms with E-state index in [0.717, 1.165) is 31.9 Å². The van der Waals surface area contributed by atoms with E-state index in [-0.39, 0.29) is 5.82 Å². The Balaban J connectivity index is 1.54. The molecule has 0 unspecified atom stereocenters. The fourth-order valence-electron chi connectivity index (χ4n) is 2.50. The fourth-order valence-corrected chi connectivity index (χ4v) is 2.50. The van der Waals surface area contributed by atoms with Crippen LogP contribution in [-0.4, -0.2) is 47.2 Å². The zero-order valence-corrected chi connectivity index (χ0v) is 12.9. The topological polar surface area (TPSA) is 83.8 Å². The highest BCUT2D eigenvalue weighted by molar-refractivity contribution is 5.78. The van der Waals surface area contributed by atoms with Crippen LogP contribution < -0.4 is 10.6 Å². The molecule has 8 heteroatoms. The molecule has 0 atom stereocenters. The van der Waals surface area contributed by atoms with E-state index in [4.69, 9.17) is 10.3 Å². The molecule has 2 aromatic rings. The van der Waals surface area contributed by atoms with Gasteiger partial charge in [0.05, 0.1) is 0 Å². The highest BCUT2D eigenvalue weighted by Gasteiger charge is 2.18. The van der Waals surface area contributed by atoms with Crippen LogP contribution in [0.2, 0.25) is 0 Å². The predicted molar refractivity (Wildman–Crippen MR) is 84.5 cm³/mol. The van der Waals surface area contributed by atoms with Crippen LogP contribution in [0, 0.1) is 12.7 Å². The maximum absolute atomic E-state index is 13.0. The first kappa shape index (κ1) is 15.3. The summed E-state index contributed by atoms with van der Waals surface area (Å²) in [7, 11) is 0. The standard InChI is InChI=1S/C15H19FN6O/c1-11-19-14(20-23-11)10-18-15(17)22-8-6-21(7-9-22)13-4-2-12(16)3-5-13/h2-5H,6-10H2,1H3,(H2,17,18). The van der Waals surface area contributed by atoms with Gasteiger partial charge < -0.3 is 20.1 Å². The SMILES string of the molecule is Cc1nc(CN=C(N)N2CCN(c3ccc(F)cc3)CC2)no1. The number of aromatic nitrogens is 2. The van der Waals surface area contributed by atoms with Crippen molar-refractivity contribution < 1.29 is 8.91 Å². The number of aliphatic imine (C=N–C) groups is 1. The van der Waals surface area contributed by atoms with Gasteiger partial charge in [-0.25, -0.2) is 9.38 Å². The largest absolute Gasteiger partial charge is 0.370 e. The lowest BCUT2D eigenvalue weighted by molar-refractivity contribution is 0.378. The molecule has 2 heterocycles. The van der Waals surface area contributed by atoms with Crippen LogP contribution in [-0.2, 0) is 6.54 Å². The van der Waals surface area contributed by atoms with Crippen LogP contribution >= 0.6 is 0 Å². The minimum atomic E-state index is -0.222. The predicted octanol–water partition coefficient (Wildman–Crippen LogP) is 1.15. The van der Waals surface area contributed by atoms with Gasteiger partial charge in [-0.2, -0.15) is 4.98 Å². The summed E-state index contributed by atoms with van der Waals surface area (Å²) >= 11 is 0. The molecular weight excluding hydrogens is 299 g/mol. The van der Waals surface area contributed by atoms with Gasteiger partial charge >= 0.3 is 0 Å². The Kier molecular flexibility index (Phi) is 4.40. The van der Waals surface area contributed by atoms with E-state index in [1.807, 2.05) is 4.90 Å². The molecule has 0 amide bonds. The maximum Gasteiger partial charge on any atom is 0.223 e. The van der Waals surface area contributed by atoms with E-state index in [9.17, 15) is 4.39 Å². The average Bonchev–Trinajstić information content (AvgIpc) is 2.99. The van der Waals surface area contributed by atoms with Gasteiger partial charge in [0.1, 0.15) is 12.4 Å². The van der Waals surface area contributed by atoms with Crippen molar-refractivity contribution >= 4 is 11.6 Å². The molecule has 23 heavy (non-hydrogen) atoms. The lowest BCUT2D eigenvalue weighted by Crippen LogP contribution is -2.51. The molecule has 1 aromatic heterocycles. The molecule has 7 nitrogen and oxygen atoms in total. The molecule has 3 rings (SSSR count). The number of anilines is 1. The molecule has 0 aliphatic carbocycles. The number of nitrogens with zero attached hydrogens (tertiary/aromatic N) is 5. The Morgan fingerprint density at radius 2 is 1.96 bits per heavy atom. The molecule has 122 valence electrons. The number of rotatable bonds is 3. The normalized spacial score (nSPS) is 16.0. The zero-order valence-electron chi connectivity index (χ0n) is 12.9. The van der Waals surface area contributed by atoms with Gasteiger partial charge in [-0.15, -0.1) is 0 Å². The summed E-state index contributed by atoms with van der Waals surface area (Å²) < 4.78 is 17.9. The van der Waals surface area contributed by atoms with E-state index in [0.29, 0.717) is 24.2 Å². The molecule has 1 aromatic carbocycles. The first-order valence-electron chi connectivity index (χ1n) is 7.46. The zero-order chi connectivity index (χ0) is 16.2. The van der Waals surface area contributed by atoms with E-state index in [1.165, 1.54) is 12.1 Å². The van der Waals surface area contributed by atoms with Crippen molar-refractivity contribution in [2.75, 3.05) is 31.1 Å². The summed E-state index contributed by atoms with van der Waals surface area (Å²) in [6.45, 7) is 5.18. The van der Waals surface area contributed by atoms with Crippen LogP contribution in [0.25, 0.3) is 0 Å². The van der Waals surface area contributed by atoms with Crippen molar-refractivity contribution in [3.63, 3.8) is 0 Å². The van der Waals surface area contributed by atoms with E-state index in [1.54, 1.807) is 19.1 Å². The van der Waals surface area contributed by atoms with Crippen molar-refractivity contribution in [1.82, 2.24) is 15.0 Å². The number of hydrogen-bond acceptors (Lipinski definition) is 5. The minimum absolute atomic E-state index is 0.222. The van der Waals surface area contributed by atoms with E-state index < -0.39 is 0 Å². The Hall–Kier alpha value is -2.64. The summed E-state index contributed by atoms with van der Waals surface area (Å²) in [4.78, 5) is 12.6. The number of aryl methyl sites for hydroxylation is 1. The van der Waals surface area contributed by atoms with Crippen LogP contribution in [0.4, 0.5) is 10.1 Å². The van der Waals surface area contributed by atoms with Gasteiger partial charge in [-0.05, 0) is 24.3 Å². The maximum atomic E-state index is 13.0. The third-order valence-corrected chi connectivity index (χ3v) is 3.75. The average molecular weight is 318 g/mol. The summed E-state index contributed by atoms with van der Waals surface area (Å²) in [5.74, 6) is 1.30. The van der Waals surface area contributed by atoms with Gasteiger partial charge in [0, 0.05) is 38.8 Å². The van der Waals surface area contributed by atoms with Gasteiger partial charge in [0.2, 0.25) is 5.89 Å². The monoisotopic (exact) mass is 318 g/mol. The van der Waals surface area contributed by atoms with Gasteiger partial charge in [-0.1, -0.05) is 5.16 Å². The van der Waals surface area contributed by atoms with Crippen LogP contribution in [0.1, 0.15) is 11.7 Å². The van der Waals surface area contributed by atoms with Crippen molar-refractivity contribution in [2.24, 2.45) is 10.7 Å². The second kappa shape index (κ2) is 6.64. The van der Waals surface area contributed by atoms with Gasteiger partial charge in [0.15, 0.2) is 11.8 Å². The minimum Gasteiger partial charge on any atom is -0.370 e. The molecule has 0 saturated carbocycles. The third-order valence-electron chi connectivity index (χ3n) is 3.75. The number of guanidine groups is 1. The van der Waals surface area contributed by atoms with Crippen LogP contribution in [0.15, 0.2) is 33.8 Å². The number of nitrogens with two attached hydrogens (primary N) is 1. The van der Waals surface area contributed by atoms with E-state index in [2.05, 4.69) is 20.0 Å². The summed E-state index contributed by atoms with van der Waals surface area (Å²) in [6, 6.07) is 6.54. The molecule has 0 spiro atoms. The molecule has 1 aliphatic heterocycles. The molecule has 2 N–H and O–H groups in total. The van der Waals surface area contributed by atoms with Crippen molar-refractivity contribution in [1.29, 1.82) is 0 Å². The first-order valence-corrected chi connectivity index (χ1v) is 7.46. The van der Waals surface area contributed by atoms with Crippen LogP contribution in [0.3, 0.4) is 0 Å². The highest BCUT2D eigenvalue weighted by atomic mass is 19.1. The lowest BCUT2D eigenvalue weighted by Gasteiger charge is -2.36. The van der Waals surface area contributed by atoms with Gasteiger partial charge in [-0.3, -0.25) is 0 Å². The second-order valence-corrected chi connectivity index (χ2v) is 5.35. The lowest BCUT2D eigenvalue weighted by atomic mass is 10.2. The molecular formula is C15H19FN6O. The quantitative estimate of drug-likeness (QED) is 0.675. The van der Waals surface area contributed by atoms with Crippen molar-refractivity contribution in [3.05, 3.63) is 41.8 Å². The molecule has 1 fully saturated rings. The summed E-state index contributed by atoms with van der Waals surface area (Å²) in [5.41, 5.74) is 7.05. The summed E-state index contributed by atoms with van der Waals surface area (Å²) in [5, 5.41) is 3.79. The molecule has 0 radical (unpaired) electrons. The van der Waals surface area contributed by atoms with Crippen molar-refractivity contribution in [2.45, 2.75) is 13.5 Å².